The van der Waals surface area contributed by atoms with E-state index in [1.165, 1.54) is 9.21 Å². The molecule has 330 valence electrons. The molecule has 4 aliphatic heterocycles. The average Bonchev–Trinajstić information content (AvgIpc) is 3.56. The number of amides is 5. The van der Waals surface area contributed by atoms with Gasteiger partial charge in [0.15, 0.2) is 0 Å². The van der Waals surface area contributed by atoms with E-state index in [1.807, 2.05) is 34.6 Å². The Hall–Kier alpha value is -3.08. The molecule has 0 unspecified atom stereocenters. The zero-order valence-corrected chi connectivity index (χ0v) is 37.3. The van der Waals surface area contributed by atoms with Crippen molar-refractivity contribution < 1.29 is 37.1 Å². The third-order valence-electron chi connectivity index (χ3n) is 16.6. The zero-order valence-electron chi connectivity index (χ0n) is 36.4. The van der Waals surface area contributed by atoms with Gasteiger partial charge < -0.3 is 25.6 Å². The lowest BCUT2D eigenvalue weighted by atomic mass is 9.72. The lowest BCUT2D eigenvalue weighted by Crippen LogP contribution is -2.69. The molecule has 0 radical (unpaired) electrons. The van der Waals surface area contributed by atoms with Gasteiger partial charge in [-0.3, -0.25) is 28.9 Å². The van der Waals surface area contributed by atoms with Gasteiger partial charge in [-0.05, 0) is 93.5 Å². The van der Waals surface area contributed by atoms with Crippen molar-refractivity contribution in [1.82, 2.24) is 29.0 Å². The number of nitrogens with one attached hydrogen (secondary N) is 2. The second-order valence-electron chi connectivity index (χ2n) is 20.8. The molecule has 4 N–H and O–H groups in total. The van der Waals surface area contributed by atoms with Gasteiger partial charge in [-0.25, -0.2) is 4.72 Å². The standard InChI is InChI=1S/C43H69N7O8S/c1-9-28-25-43(28,37(55)46-59(56,57)48-21-11-12-22-48)45-34(52)30-26-42(39(6,7)41(42)16-14-17-41)27-49(30)36(54)32(40(8)18-23-58-24-19-40)50(31(33(44)51)38(3,4)5)35(53)29-15-13-20-47(29)10-2/h9,28-32H,1,10-27H2,2-8H3,(H2,44,51)(H,45,52)(H,46,55)/t28-,29+,30+,31-,32-,42-,43-/m1/s1. The van der Waals surface area contributed by atoms with Crippen molar-refractivity contribution >= 4 is 39.7 Å². The minimum Gasteiger partial charge on any atom is -0.381 e. The first-order valence-electron chi connectivity index (χ1n) is 22.1. The normalized spacial score (nSPS) is 33.2. The van der Waals surface area contributed by atoms with E-state index in [0.29, 0.717) is 71.4 Å². The molecule has 4 saturated heterocycles. The molecule has 16 heteroatoms. The molecule has 7 aliphatic rings. The van der Waals surface area contributed by atoms with Gasteiger partial charge >= 0.3 is 10.2 Å². The Morgan fingerprint density at radius 3 is 2.08 bits per heavy atom. The molecule has 0 bridgehead atoms. The number of ether oxygens (including phenoxy) is 1. The van der Waals surface area contributed by atoms with E-state index in [9.17, 15) is 18.0 Å². The Labute approximate surface area is 351 Å². The number of rotatable bonds is 13. The minimum absolute atomic E-state index is 0.0735. The highest BCUT2D eigenvalue weighted by Crippen LogP contribution is 2.88. The van der Waals surface area contributed by atoms with Crippen molar-refractivity contribution in [3.8, 4) is 0 Å². The summed E-state index contributed by atoms with van der Waals surface area (Å²) in [6, 6.07) is -3.89. The van der Waals surface area contributed by atoms with Crippen LogP contribution in [0.15, 0.2) is 12.7 Å². The third-order valence-corrected chi connectivity index (χ3v) is 18.0. The third kappa shape index (κ3) is 6.84. The monoisotopic (exact) mass is 843 g/mol. The quantitative estimate of drug-likeness (QED) is 0.234. The molecule has 59 heavy (non-hydrogen) atoms. The highest BCUT2D eigenvalue weighted by molar-refractivity contribution is 7.87. The molecular formula is C43H69N7O8S. The summed E-state index contributed by atoms with van der Waals surface area (Å²) in [6.45, 7) is 20.8. The van der Waals surface area contributed by atoms with Gasteiger partial charge in [0.2, 0.25) is 23.6 Å². The Morgan fingerprint density at radius 2 is 1.58 bits per heavy atom. The maximum absolute atomic E-state index is 16.1. The summed E-state index contributed by atoms with van der Waals surface area (Å²) < 4.78 is 35.9. The minimum atomic E-state index is -4.14. The molecule has 0 aromatic rings. The Kier molecular flexibility index (Phi) is 11.2. The van der Waals surface area contributed by atoms with Crippen molar-refractivity contribution in [3.05, 3.63) is 12.7 Å². The van der Waals surface area contributed by atoms with E-state index in [-0.39, 0.29) is 29.7 Å². The summed E-state index contributed by atoms with van der Waals surface area (Å²) >= 11 is 0. The highest BCUT2D eigenvalue weighted by atomic mass is 32.2. The highest BCUT2D eigenvalue weighted by Gasteiger charge is 2.85. The van der Waals surface area contributed by atoms with E-state index >= 15 is 14.4 Å². The molecule has 5 amide bonds. The predicted molar refractivity (Wildman–Crippen MR) is 221 cm³/mol. The number of primary amides is 1. The van der Waals surface area contributed by atoms with Crippen molar-refractivity contribution in [1.29, 1.82) is 0 Å². The number of likely N-dealkylation sites (N-methyl/N-ethyl adjacent to an activating group) is 1. The van der Waals surface area contributed by atoms with E-state index in [0.717, 1.165) is 32.2 Å². The predicted octanol–water partition coefficient (Wildman–Crippen LogP) is 2.70. The second kappa shape index (κ2) is 15.1. The number of likely N-dealkylation sites (tertiary alicyclic amines) is 2. The first kappa shape index (κ1) is 44.0. The van der Waals surface area contributed by atoms with E-state index < -0.39 is 85.7 Å². The van der Waals surface area contributed by atoms with Crippen LogP contribution in [0.5, 0.6) is 0 Å². The van der Waals surface area contributed by atoms with Crippen LogP contribution in [0.1, 0.15) is 119 Å². The first-order chi connectivity index (χ1) is 27.6. The van der Waals surface area contributed by atoms with Crippen LogP contribution in [0.25, 0.3) is 0 Å². The second-order valence-corrected chi connectivity index (χ2v) is 22.4. The number of hydrogen-bond acceptors (Lipinski definition) is 9. The molecule has 2 spiro atoms. The van der Waals surface area contributed by atoms with E-state index in [2.05, 4.69) is 35.4 Å². The van der Waals surface area contributed by atoms with E-state index in [4.69, 9.17) is 10.5 Å². The maximum atomic E-state index is 16.1. The lowest BCUT2D eigenvalue weighted by Gasteiger charge is -2.51. The molecular weight excluding hydrogens is 775 g/mol. The first-order valence-corrected chi connectivity index (χ1v) is 23.5. The topological polar surface area (TPSA) is 192 Å². The van der Waals surface area contributed by atoms with Crippen LogP contribution >= 0.6 is 0 Å². The zero-order chi connectivity index (χ0) is 43.1. The Bertz CT molecular complexity index is 1850. The van der Waals surface area contributed by atoms with Gasteiger partial charge in [0.1, 0.15) is 23.7 Å². The Morgan fingerprint density at radius 1 is 0.932 bits per heavy atom. The summed E-state index contributed by atoms with van der Waals surface area (Å²) in [6.07, 6.45) is 8.71. The van der Waals surface area contributed by atoms with Gasteiger partial charge in [0.05, 0.1) is 6.04 Å². The number of nitrogens with two attached hydrogens (primary N) is 1. The van der Waals surface area contributed by atoms with Crippen LogP contribution in [0.4, 0.5) is 0 Å². The van der Waals surface area contributed by atoms with Crippen molar-refractivity contribution in [2.24, 2.45) is 38.7 Å². The molecule has 0 aromatic heterocycles. The molecule has 7 fully saturated rings. The fourth-order valence-electron chi connectivity index (χ4n) is 12.7. The summed E-state index contributed by atoms with van der Waals surface area (Å²) in [4.78, 5) is 79.5. The van der Waals surface area contributed by atoms with Crippen LogP contribution in [0, 0.1) is 33.0 Å². The average molecular weight is 844 g/mol. The van der Waals surface area contributed by atoms with Gasteiger partial charge in [-0.15, -0.1) is 6.58 Å². The van der Waals surface area contributed by atoms with Gasteiger partial charge in [0, 0.05) is 49.6 Å². The number of carbonyl (C=O) groups excluding carboxylic acids is 5. The van der Waals surface area contributed by atoms with Gasteiger partial charge in [-0.1, -0.05) is 61.0 Å². The number of hydrogen-bond donors (Lipinski definition) is 3. The van der Waals surface area contributed by atoms with Gasteiger partial charge in [-0.2, -0.15) is 12.7 Å². The SMILES string of the molecule is C=C[C@@H]1C[C@]1(NC(=O)[C@@H]1C[C@@]2(CN1C(=O)[C@@H](N(C(=O)[C@@H]1CCCN1CC)[C@H](C(N)=O)C(C)(C)C)C1(C)CCOCC1)C(C)(C)C21CCC1)C(=O)NS(=O)(=O)N1CCCC1. The summed E-state index contributed by atoms with van der Waals surface area (Å²) in [5, 5.41) is 2.99. The molecule has 3 saturated carbocycles. The summed E-state index contributed by atoms with van der Waals surface area (Å²) in [5.74, 6) is -3.33. The number of fused-ring (bicyclic) bond motifs is 1. The largest absolute Gasteiger partial charge is 0.381 e. The maximum Gasteiger partial charge on any atom is 0.303 e. The lowest BCUT2D eigenvalue weighted by molar-refractivity contribution is -0.167. The molecule has 15 nitrogen and oxygen atoms in total. The summed E-state index contributed by atoms with van der Waals surface area (Å²) in [5.41, 5.74) is 2.34. The number of carbonyl (C=O) groups is 5. The summed E-state index contributed by atoms with van der Waals surface area (Å²) in [7, 11) is -4.14. The molecule has 7 rings (SSSR count). The molecule has 3 aliphatic carbocycles. The van der Waals surface area contributed by atoms with Crippen LogP contribution in [0.3, 0.4) is 0 Å². The van der Waals surface area contributed by atoms with Crippen LogP contribution in [-0.2, 0) is 38.9 Å². The van der Waals surface area contributed by atoms with Crippen LogP contribution in [0.2, 0.25) is 0 Å². The van der Waals surface area contributed by atoms with Gasteiger partial charge in [0.25, 0.3) is 5.91 Å². The fraction of sp³-hybridized carbons (Fsp3) is 0.837. The van der Waals surface area contributed by atoms with E-state index in [1.54, 1.807) is 11.0 Å². The van der Waals surface area contributed by atoms with Crippen molar-refractivity contribution in [2.75, 3.05) is 45.9 Å². The van der Waals surface area contributed by atoms with Crippen molar-refractivity contribution in [2.45, 2.75) is 149 Å². The molecule has 7 atom stereocenters. The van der Waals surface area contributed by atoms with Crippen LogP contribution in [-0.4, -0.2) is 133 Å². The fourth-order valence-corrected chi connectivity index (χ4v) is 13.9. The van der Waals surface area contributed by atoms with Crippen LogP contribution < -0.4 is 15.8 Å². The van der Waals surface area contributed by atoms with Crippen molar-refractivity contribution in [3.63, 3.8) is 0 Å². The molecule has 0 aromatic carbocycles. The number of nitrogens with zero attached hydrogens (tertiary/aromatic N) is 4. The molecule has 4 heterocycles. The smallest absolute Gasteiger partial charge is 0.303 e. The Balaban J connectivity index is 1.30.